The molecule has 4 nitrogen and oxygen atoms in total. The van der Waals surface area contributed by atoms with Gasteiger partial charge in [-0.1, -0.05) is 0 Å². The summed E-state index contributed by atoms with van der Waals surface area (Å²) in [6.07, 6.45) is -4.78. The SMILES string of the molecule is Nc1nc(N)c(OC(F)(F)F)cc1I. The molecule has 1 aromatic rings. The number of hydrogen-bond acceptors (Lipinski definition) is 4. The topological polar surface area (TPSA) is 74.2 Å². The molecule has 0 unspecified atom stereocenters. The molecular weight excluding hydrogens is 314 g/mol. The molecular formula is C6H5F3IN3O. The van der Waals surface area contributed by atoms with Gasteiger partial charge in [0.2, 0.25) is 0 Å². The van der Waals surface area contributed by atoms with Crippen LogP contribution in [0.3, 0.4) is 0 Å². The molecule has 0 spiro atoms. The molecule has 0 aliphatic heterocycles. The predicted molar refractivity (Wildman–Crippen MR) is 52.5 cm³/mol. The third-order valence-corrected chi connectivity index (χ3v) is 2.09. The summed E-state index contributed by atoms with van der Waals surface area (Å²) >= 11 is 1.73. The van der Waals surface area contributed by atoms with Crippen LogP contribution in [-0.2, 0) is 0 Å². The Hall–Kier alpha value is -0.930. The summed E-state index contributed by atoms with van der Waals surface area (Å²) in [6.45, 7) is 0. The molecule has 0 aliphatic carbocycles. The van der Waals surface area contributed by atoms with E-state index in [-0.39, 0.29) is 11.6 Å². The van der Waals surface area contributed by atoms with Crippen molar-refractivity contribution in [3.05, 3.63) is 9.64 Å². The third kappa shape index (κ3) is 2.79. The van der Waals surface area contributed by atoms with E-state index in [1.165, 1.54) is 0 Å². The zero-order valence-corrected chi connectivity index (χ0v) is 8.76. The summed E-state index contributed by atoms with van der Waals surface area (Å²) in [6, 6.07) is 1.08. The standard InChI is InChI=1S/C6H5F3IN3O/c7-6(8,9)14-3-1-2(10)4(11)13-5(3)12/h1H,(H4,11,12,13). The number of aromatic nitrogens is 1. The van der Waals surface area contributed by atoms with Crippen molar-refractivity contribution in [3.8, 4) is 5.75 Å². The summed E-state index contributed by atoms with van der Waals surface area (Å²) in [7, 11) is 0. The van der Waals surface area contributed by atoms with Gasteiger partial charge in [0.25, 0.3) is 0 Å². The molecule has 0 aliphatic rings. The molecule has 0 amide bonds. The van der Waals surface area contributed by atoms with E-state index in [1.54, 1.807) is 22.6 Å². The quantitative estimate of drug-likeness (QED) is 0.774. The minimum atomic E-state index is -4.78. The second-order valence-corrected chi connectivity index (χ2v) is 3.45. The second-order valence-electron chi connectivity index (χ2n) is 2.29. The van der Waals surface area contributed by atoms with Crippen LogP contribution in [0.2, 0.25) is 0 Å². The Balaban J connectivity index is 3.04. The minimum Gasteiger partial charge on any atom is -0.402 e. The lowest BCUT2D eigenvalue weighted by Gasteiger charge is -2.11. The number of anilines is 2. The molecule has 0 aromatic carbocycles. The molecule has 1 aromatic heterocycles. The Labute approximate surface area is 90.6 Å². The Morgan fingerprint density at radius 1 is 1.29 bits per heavy atom. The van der Waals surface area contributed by atoms with E-state index in [4.69, 9.17) is 11.5 Å². The van der Waals surface area contributed by atoms with Gasteiger partial charge in [-0.15, -0.1) is 13.2 Å². The van der Waals surface area contributed by atoms with Gasteiger partial charge >= 0.3 is 6.36 Å². The van der Waals surface area contributed by atoms with E-state index >= 15 is 0 Å². The maximum atomic E-state index is 11.8. The van der Waals surface area contributed by atoms with Gasteiger partial charge in [-0.2, -0.15) is 0 Å². The van der Waals surface area contributed by atoms with E-state index in [2.05, 4.69) is 9.72 Å². The molecule has 0 bridgehead atoms. The van der Waals surface area contributed by atoms with Crippen LogP contribution in [0.1, 0.15) is 0 Å². The van der Waals surface area contributed by atoms with E-state index in [0.717, 1.165) is 6.07 Å². The van der Waals surface area contributed by atoms with Gasteiger partial charge in [0.15, 0.2) is 11.6 Å². The number of nitrogen functional groups attached to an aromatic ring is 2. The van der Waals surface area contributed by atoms with Gasteiger partial charge in [0.1, 0.15) is 5.82 Å². The van der Waals surface area contributed by atoms with Crippen LogP contribution in [0.4, 0.5) is 24.8 Å². The van der Waals surface area contributed by atoms with Gasteiger partial charge in [-0.3, -0.25) is 0 Å². The number of halogens is 4. The molecule has 0 saturated heterocycles. The normalized spacial score (nSPS) is 11.4. The van der Waals surface area contributed by atoms with Crippen molar-refractivity contribution in [3.63, 3.8) is 0 Å². The van der Waals surface area contributed by atoms with Crippen molar-refractivity contribution in [2.45, 2.75) is 6.36 Å². The number of rotatable bonds is 1. The van der Waals surface area contributed by atoms with Crippen LogP contribution >= 0.6 is 22.6 Å². The van der Waals surface area contributed by atoms with Crippen molar-refractivity contribution >= 4 is 34.2 Å². The first-order valence-electron chi connectivity index (χ1n) is 3.27. The first-order valence-corrected chi connectivity index (χ1v) is 4.34. The van der Waals surface area contributed by atoms with Crippen molar-refractivity contribution in [2.24, 2.45) is 0 Å². The van der Waals surface area contributed by atoms with E-state index in [9.17, 15) is 13.2 Å². The lowest BCUT2D eigenvalue weighted by molar-refractivity contribution is -0.274. The molecule has 4 N–H and O–H groups in total. The molecule has 0 fully saturated rings. The highest BCUT2D eigenvalue weighted by molar-refractivity contribution is 14.1. The summed E-state index contributed by atoms with van der Waals surface area (Å²) in [5.41, 5.74) is 10.5. The van der Waals surface area contributed by atoms with E-state index < -0.39 is 12.1 Å². The molecule has 8 heteroatoms. The zero-order valence-electron chi connectivity index (χ0n) is 6.60. The highest BCUT2D eigenvalue weighted by atomic mass is 127. The first-order chi connectivity index (χ1) is 6.29. The van der Waals surface area contributed by atoms with Crippen molar-refractivity contribution in [2.75, 3.05) is 11.5 Å². The second kappa shape index (κ2) is 3.67. The average molecular weight is 319 g/mol. The maximum absolute atomic E-state index is 11.8. The van der Waals surface area contributed by atoms with Crippen LogP contribution in [0, 0.1) is 3.57 Å². The summed E-state index contributed by atoms with van der Waals surface area (Å²) in [5.74, 6) is -0.867. The van der Waals surface area contributed by atoms with Gasteiger partial charge in [-0.05, 0) is 22.6 Å². The third-order valence-electron chi connectivity index (χ3n) is 1.22. The highest BCUT2D eigenvalue weighted by Gasteiger charge is 2.32. The van der Waals surface area contributed by atoms with Gasteiger partial charge in [0.05, 0.1) is 3.57 Å². The molecule has 0 radical (unpaired) electrons. The first kappa shape index (κ1) is 11.1. The maximum Gasteiger partial charge on any atom is 0.573 e. The average Bonchev–Trinajstić information content (AvgIpc) is 1.97. The fourth-order valence-corrected chi connectivity index (χ4v) is 1.11. The molecule has 1 rings (SSSR count). The number of alkyl halides is 3. The van der Waals surface area contributed by atoms with Gasteiger partial charge in [0, 0.05) is 6.07 Å². The molecule has 78 valence electrons. The minimum absolute atomic E-state index is 0.0672. The number of pyridine rings is 1. The number of nitrogens with two attached hydrogens (primary N) is 2. The largest absolute Gasteiger partial charge is 0.573 e. The fraction of sp³-hybridized carbons (Fsp3) is 0.167. The van der Waals surface area contributed by atoms with Crippen LogP contribution in [0.25, 0.3) is 0 Å². The van der Waals surface area contributed by atoms with Gasteiger partial charge < -0.3 is 16.2 Å². The van der Waals surface area contributed by atoms with Crippen LogP contribution in [0.15, 0.2) is 6.07 Å². The lowest BCUT2D eigenvalue weighted by atomic mass is 10.4. The van der Waals surface area contributed by atoms with Crippen LogP contribution < -0.4 is 16.2 Å². The molecule has 0 atom stereocenters. The number of ether oxygens (including phenoxy) is 1. The number of hydrogen-bond donors (Lipinski definition) is 2. The molecule has 0 saturated carbocycles. The van der Waals surface area contributed by atoms with Crippen molar-refractivity contribution in [1.82, 2.24) is 4.98 Å². The molecule has 14 heavy (non-hydrogen) atoms. The summed E-state index contributed by atoms with van der Waals surface area (Å²) < 4.78 is 39.4. The summed E-state index contributed by atoms with van der Waals surface area (Å²) in [5, 5.41) is 0. The van der Waals surface area contributed by atoms with Crippen molar-refractivity contribution in [1.29, 1.82) is 0 Å². The van der Waals surface area contributed by atoms with E-state index in [1.807, 2.05) is 0 Å². The van der Waals surface area contributed by atoms with Crippen LogP contribution in [-0.4, -0.2) is 11.3 Å². The highest BCUT2D eigenvalue weighted by Crippen LogP contribution is 2.30. The van der Waals surface area contributed by atoms with Gasteiger partial charge in [-0.25, -0.2) is 4.98 Å². The Morgan fingerprint density at radius 2 is 1.86 bits per heavy atom. The smallest absolute Gasteiger partial charge is 0.402 e. The lowest BCUT2D eigenvalue weighted by Crippen LogP contribution is -2.18. The fourth-order valence-electron chi connectivity index (χ4n) is 0.708. The van der Waals surface area contributed by atoms with Crippen molar-refractivity contribution < 1.29 is 17.9 Å². The Bertz CT molecular complexity index is 355. The monoisotopic (exact) mass is 319 g/mol. The summed E-state index contributed by atoms with van der Waals surface area (Å²) in [4.78, 5) is 3.48. The zero-order chi connectivity index (χ0) is 10.9. The number of nitrogens with zero attached hydrogens (tertiary/aromatic N) is 1. The Morgan fingerprint density at radius 3 is 2.36 bits per heavy atom. The Kier molecular flexibility index (Phi) is 2.92. The predicted octanol–water partition coefficient (Wildman–Crippen LogP) is 1.75. The molecule has 1 heterocycles. The van der Waals surface area contributed by atoms with Crippen LogP contribution in [0.5, 0.6) is 5.75 Å². The van der Waals surface area contributed by atoms with E-state index in [0.29, 0.717) is 3.57 Å².